The Bertz CT molecular complexity index is 514. The second-order valence-electron chi connectivity index (χ2n) is 5.91. The number of hydrogen-bond donors (Lipinski definition) is 0. The van der Waals surface area contributed by atoms with E-state index in [9.17, 15) is 4.79 Å². The van der Waals surface area contributed by atoms with E-state index in [2.05, 4.69) is 12.1 Å². The van der Waals surface area contributed by atoms with Gasteiger partial charge in [-0.2, -0.15) is 5.06 Å². The molecular weight excluding hydrogens is 270 g/mol. The number of fused-ring (bicyclic) bond motifs is 1. The molecule has 0 aromatic heterocycles. The van der Waals surface area contributed by atoms with Crippen LogP contribution in [0.2, 0.25) is 0 Å². The van der Waals surface area contributed by atoms with E-state index in [1.165, 1.54) is 5.56 Å². The number of hydroxylamine groups is 2. The van der Waals surface area contributed by atoms with Crippen LogP contribution < -0.4 is 0 Å². The minimum Gasteiger partial charge on any atom is -0.464 e. The van der Waals surface area contributed by atoms with Crippen LogP contribution in [0.1, 0.15) is 18.4 Å². The maximum absolute atomic E-state index is 12.0. The summed E-state index contributed by atoms with van der Waals surface area (Å²) in [6, 6.07) is 10.2. The van der Waals surface area contributed by atoms with Gasteiger partial charge in [-0.1, -0.05) is 30.3 Å². The van der Waals surface area contributed by atoms with Crippen molar-refractivity contribution in [2.45, 2.75) is 37.6 Å². The molecule has 1 aromatic rings. The molecular formula is C16H19NO4. The summed E-state index contributed by atoms with van der Waals surface area (Å²) in [5, 5.41) is 1.91. The molecule has 0 N–H and O–H groups in total. The van der Waals surface area contributed by atoms with Crippen LogP contribution in [-0.2, 0) is 25.7 Å². The topological polar surface area (TPSA) is 48.0 Å². The molecule has 0 unspecified atom stereocenters. The average Bonchev–Trinajstić information content (AvgIpc) is 3.20. The van der Waals surface area contributed by atoms with E-state index in [1.54, 1.807) is 0 Å². The fourth-order valence-electron chi connectivity index (χ4n) is 3.52. The number of benzene rings is 1. The van der Waals surface area contributed by atoms with Crippen molar-refractivity contribution in [1.29, 1.82) is 0 Å². The monoisotopic (exact) mass is 289 g/mol. The number of ether oxygens (including phenoxy) is 2. The molecule has 0 saturated carbocycles. The van der Waals surface area contributed by atoms with E-state index >= 15 is 0 Å². The Morgan fingerprint density at radius 3 is 2.86 bits per heavy atom. The number of esters is 1. The van der Waals surface area contributed by atoms with E-state index in [-0.39, 0.29) is 30.1 Å². The summed E-state index contributed by atoms with van der Waals surface area (Å²) in [6.45, 7) is 1.84. The molecule has 1 aromatic carbocycles. The third-order valence-electron chi connectivity index (χ3n) is 4.58. The highest BCUT2D eigenvalue weighted by molar-refractivity contribution is 5.76. The van der Waals surface area contributed by atoms with Crippen molar-refractivity contribution in [2.24, 2.45) is 5.92 Å². The molecule has 5 nitrogen and oxygen atoms in total. The van der Waals surface area contributed by atoms with Gasteiger partial charge >= 0.3 is 5.97 Å². The first-order valence-corrected chi connectivity index (χ1v) is 7.58. The quantitative estimate of drug-likeness (QED) is 0.790. The zero-order valence-corrected chi connectivity index (χ0v) is 11.8. The largest absolute Gasteiger partial charge is 0.464 e. The van der Waals surface area contributed by atoms with E-state index in [1.807, 2.05) is 23.3 Å². The summed E-state index contributed by atoms with van der Waals surface area (Å²) >= 11 is 0. The predicted molar refractivity (Wildman–Crippen MR) is 74.1 cm³/mol. The molecule has 21 heavy (non-hydrogen) atoms. The van der Waals surface area contributed by atoms with Gasteiger partial charge in [0.25, 0.3) is 0 Å². The van der Waals surface area contributed by atoms with E-state index in [0.29, 0.717) is 13.2 Å². The lowest BCUT2D eigenvalue weighted by molar-refractivity contribution is -0.203. The molecule has 4 rings (SSSR count). The summed E-state index contributed by atoms with van der Waals surface area (Å²) < 4.78 is 11.0. The maximum atomic E-state index is 12.0. The Labute approximate surface area is 123 Å². The number of carbonyl (C=O) groups excluding carboxylic acids is 1. The van der Waals surface area contributed by atoms with Crippen molar-refractivity contribution in [3.8, 4) is 0 Å². The summed E-state index contributed by atoms with van der Waals surface area (Å²) in [5.74, 6) is -0.354. The molecule has 112 valence electrons. The third-order valence-corrected chi connectivity index (χ3v) is 4.58. The molecule has 0 amide bonds. The van der Waals surface area contributed by atoms with E-state index in [0.717, 1.165) is 19.4 Å². The summed E-state index contributed by atoms with van der Waals surface area (Å²) in [7, 11) is 0. The Morgan fingerprint density at radius 1 is 1.24 bits per heavy atom. The van der Waals surface area contributed by atoms with E-state index < -0.39 is 0 Å². The highest BCUT2D eigenvalue weighted by Crippen LogP contribution is 2.38. The first-order chi connectivity index (χ1) is 10.3. The normalized spacial score (nSPS) is 35.9. The van der Waals surface area contributed by atoms with Gasteiger partial charge in [-0.25, -0.2) is 0 Å². The number of hydrogen-bond acceptors (Lipinski definition) is 5. The summed E-state index contributed by atoms with van der Waals surface area (Å²) in [5.41, 5.74) is 1.17. The van der Waals surface area contributed by atoms with Crippen LogP contribution in [0.15, 0.2) is 30.3 Å². The molecule has 4 atom stereocenters. The van der Waals surface area contributed by atoms with Gasteiger partial charge in [-0.05, 0) is 18.4 Å². The molecule has 3 saturated heterocycles. The highest BCUT2D eigenvalue weighted by atomic mass is 16.7. The van der Waals surface area contributed by atoms with Crippen molar-refractivity contribution in [1.82, 2.24) is 5.06 Å². The average molecular weight is 289 g/mol. The lowest BCUT2D eigenvalue weighted by Gasteiger charge is -2.23. The van der Waals surface area contributed by atoms with Crippen LogP contribution in [0.4, 0.5) is 0 Å². The van der Waals surface area contributed by atoms with Crippen LogP contribution in [0.25, 0.3) is 0 Å². The lowest BCUT2D eigenvalue weighted by atomic mass is 9.92. The van der Waals surface area contributed by atoms with E-state index in [4.69, 9.17) is 14.3 Å². The van der Waals surface area contributed by atoms with Crippen molar-refractivity contribution in [3.05, 3.63) is 35.9 Å². The van der Waals surface area contributed by atoms with Gasteiger partial charge in [0.2, 0.25) is 0 Å². The zero-order valence-electron chi connectivity index (χ0n) is 11.8. The Kier molecular flexibility index (Phi) is 3.41. The second-order valence-corrected chi connectivity index (χ2v) is 5.91. The predicted octanol–water partition coefficient (Wildman–Crippen LogP) is 1.52. The number of nitrogens with zero attached hydrogens (tertiary/aromatic N) is 1. The summed E-state index contributed by atoms with van der Waals surface area (Å²) in [4.78, 5) is 18.1. The van der Waals surface area contributed by atoms with Crippen molar-refractivity contribution in [2.75, 3.05) is 13.2 Å². The van der Waals surface area contributed by atoms with Crippen molar-refractivity contribution < 1.29 is 19.1 Å². The fourth-order valence-corrected chi connectivity index (χ4v) is 3.52. The van der Waals surface area contributed by atoms with Crippen LogP contribution in [0.3, 0.4) is 0 Å². The van der Waals surface area contributed by atoms with Gasteiger partial charge in [-0.3, -0.25) is 9.63 Å². The second kappa shape index (κ2) is 5.40. The molecule has 3 aliphatic heterocycles. The Hall–Kier alpha value is -1.43. The number of carbonyl (C=O) groups is 1. The first kappa shape index (κ1) is 13.2. The smallest absolute Gasteiger partial charge is 0.313 e. The van der Waals surface area contributed by atoms with Gasteiger partial charge in [0.15, 0.2) is 0 Å². The molecule has 3 fully saturated rings. The highest BCUT2D eigenvalue weighted by Gasteiger charge is 2.55. The lowest BCUT2D eigenvalue weighted by Crippen LogP contribution is -2.35. The maximum Gasteiger partial charge on any atom is 0.313 e. The Balaban J connectivity index is 1.54. The molecule has 5 heteroatoms. The SMILES string of the molecule is O=C1OC[C@@H]2[C@H]1[C@@H]([C@H]1CCCO1)ON2Cc1ccccc1. The minimum absolute atomic E-state index is 0.00639. The molecule has 3 heterocycles. The van der Waals surface area contributed by atoms with Gasteiger partial charge in [0, 0.05) is 13.2 Å². The fraction of sp³-hybridized carbons (Fsp3) is 0.562. The standard InChI is InChI=1S/C16H19NO4/c18-16-14-12(10-20-16)17(9-11-5-2-1-3-6-11)21-15(14)13-7-4-8-19-13/h1-3,5-6,12-15H,4,7-10H2/t12-,13-,14+,15-/m1/s1. The number of rotatable bonds is 3. The van der Waals surface area contributed by atoms with Crippen LogP contribution >= 0.6 is 0 Å². The third kappa shape index (κ3) is 2.35. The Morgan fingerprint density at radius 2 is 2.10 bits per heavy atom. The first-order valence-electron chi connectivity index (χ1n) is 7.58. The molecule has 0 aliphatic carbocycles. The number of cyclic esters (lactones) is 1. The summed E-state index contributed by atoms with van der Waals surface area (Å²) in [6.07, 6.45) is 1.82. The molecule has 0 bridgehead atoms. The van der Waals surface area contributed by atoms with Gasteiger partial charge in [0.05, 0.1) is 12.1 Å². The van der Waals surface area contributed by atoms with Crippen LogP contribution in [0.5, 0.6) is 0 Å². The molecule has 0 spiro atoms. The molecule has 3 aliphatic rings. The van der Waals surface area contributed by atoms with Crippen LogP contribution in [0, 0.1) is 5.92 Å². The van der Waals surface area contributed by atoms with Crippen LogP contribution in [-0.4, -0.2) is 42.5 Å². The minimum atomic E-state index is -0.211. The van der Waals surface area contributed by atoms with Gasteiger partial charge in [-0.15, -0.1) is 0 Å². The molecule has 0 radical (unpaired) electrons. The zero-order chi connectivity index (χ0) is 14.2. The van der Waals surface area contributed by atoms with Gasteiger partial charge in [0.1, 0.15) is 18.6 Å². The van der Waals surface area contributed by atoms with Crippen molar-refractivity contribution in [3.63, 3.8) is 0 Å². The van der Waals surface area contributed by atoms with Gasteiger partial charge < -0.3 is 9.47 Å². The van der Waals surface area contributed by atoms with Crippen molar-refractivity contribution >= 4 is 5.97 Å².